The van der Waals surface area contributed by atoms with E-state index in [-0.39, 0.29) is 18.8 Å². The molecule has 0 aromatic heterocycles. The van der Waals surface area contributed by atoms with Gasteiger partial charge in [-0.25, -0.2) is 4.39 Å². The van der Waals surface area contributed by atoms with Gasteiger partial charge < -0.3 is 15.9 Å². The molecule has 0 saturated carbocycles. The topological polar surface area (TPSA) is 83.5 Å². The first-order valence-electron chi connectivity index (χ1n) is 3.96. The minimum absolute atomic E-state index is 0. The summed E-state index contributed by atoms with van der Waals surface area (Å²) in [5.74, 6) is -2.37. The van der Waals surface area contributed by atoms with Gasteiger partial charge in [0.2, 0.25) is 0 Å². The van der Waals surface area contributed by atoms with Gasteiger partial charge in [-0.1, -0.05) is 6.07 Å². The molecule has 0 bridgehead atoms. The normalized spacial score (nSPS) is 11.6. The van der Waals surface area contributed by atoms with Crippen molar-refractivity contribution in [2.24, 2.45) is 5.73 Å². The average molecular weight is 236 g/mol. The fourth-order valence-electron chi connectivity index (χ4n) is 1.03. The van der Waals surface area contributed by atoms with Crippen molar-refractivity contribution in [1.82, 2.24) is 0 Å². The summed E-state index contributed by atoms with van der Waals surface area (Å²) < 4.78 is 12.6. The van der Waals surface area contributed by atoms with Gasteiger partial charge in [-0.3, -0.25) is 4.79 Å². The summed E-state index contributed by atoms with van der Waals surface area (Å²) in [6, 6.07) is 2.58. The first-order chi connectivity index (χ1) is 6.50. The van der Waals surface area contributed by atoms with E-state index >= 15 is 0 Å². The summed E-state index contributed by atoms with van der Waals surface area (Å²) in [6.07, 6.45) is 0.0587. The Labute approximate surface area is 91.9 Å². The maximum atomic E-state index is 12.6. The number of benzene rings is 1. The van der Waals surface area contributed by atoms with Crippen LogP contribution in [0.3, 0.4) is 0 Å². The Kier molecular flexibility index (Phi) is 5.04. The molecule has 0 aliphatic heterocycles. The van der Waals surface area contributed by atoms with Crippen molar-refractivity contribution >= 4 is 18.4 Å². The third kappa shape index (κ3) is 3.73. The number of carboxylic acid groups (broad SMARTS) is 1. The molecule has 0 unspecified atom stereocenters. The standard InChI is InChI=1S/C9H10FNO3.ClH/c10-6-2-1-5(4-8(6)12)3-7(11)9(13)14;/h1-2,4,7,12H,3,11H2,(H,13,14);1H/t7-;/m1./s1. The molecule has 0 aliphatic rings. The van der Waals surface area contributed by atoms with Crippen LogP contribution in [0.4, 0.5) is 4.39 Å². The second-order valence-corrected chi connectivity index (χ2v) is 2.93. The van der Waals surface area contributed by atoms with Crippen LogP contribution in [0, 0.1) is 5.82 Å². The number of phenolic OH excluding ortho intramolecular Hbond substituents is 1. The van der Waals surface area contributed by atoms with Gasteiger partial charge in [0, 0.05) is 0 Å². The van der Waals surface area contributed by atoms with Crippen molar-refractivity contribution in [2.75, 3.05) is 0 Å². The van der Waals surface area contributed by atoms with Crippen molar-refractivity contribution < 1.29 is 19.4 Å². The van der Waals surface area contributed by atoms with Crippen LogP contribution in [0.15, 0.2) is 18.2 Å². The van der Waals surface area contributed by atoms with Crippen molar-refractivity contribution in [3.05, 3.63) is 29.6 Å². The fourth-order valence-corrected chi connectivity index (χ4v) is 1.03. The van der Waals surface area contributed by atoms with Crippen molar-refractivity contribution in [3.8, 4) is 5.75 Å². The maximum Gasteiger partial charge on any atom is 0.320 e. The first kappa shape index (κ1) is 13.7. The number of hydrogen-bond donors (Lipinski definition) is 3. The predicted octanol–water partition coefficient (Wildman–Crippen LogP) is 0.908. The summed E-state index contributed by atoms with van der Waals surface area (Å²) in [4.78, 5) is 10.4. The van der Waals surface area contributed by atoms with Crippen LogP contribution in [0.25, 0.3) is 0 Å². The zero-order valence-corrected chi connectivity index (χ0v) is 8.50. The van der Waals surface area contributed by atoms with Crippen molar-refractivity contribution in [3.63, 3.8) is 0 Å². The van der Waals surface area contributed by atoms with E-state index in [4.69, 9.17) is 15.9 Å². The molecule has 1 atom stereocenters. The van der Waals surface area contributed by atoms with Gasteiger partial charge in [0.05, 0.1) is 0 Å². The molecule has 84 valence electrons. The molecule has 1 rings (SSSR count). The SMILES string of the molecule is Cl.N[C@H](Cc1ccc(F)c(O)c1)C(=O)O. The monoisotopic (exact) mass is 235 g/mol. The van der Waals surface area contributed by atoms with Gasteiger partial charge in [-0.2, -0.15) is 0 Å². The molecule has 0 saturated heterocycles. The number of halogens is 2. The van der Waals surface area contributed by atoms with Crippen molar-refractivity contribution in [1.29, 1.82) is 0 Å². The smallest absolute Gasteiger partial charge is 0.320 e. The van der Waals surface area contributed by atoms with E-state index in [1.54, 1.807) is 0 Å². The molecule has 0 fully saturated rings. The van der Waals surface area contributed by atoms with E-state index < -0.39 is 23.6 Å². The Hall–Kier alpha value is -1.33. The predicted molar refractivity (Wildman–Crippen MR) is 54.6 cm³/mol. The van der Waals surface area contributed by atoms with E-state index in [1.807, 2.05) is 0 Å². The molecular weight excluding hydrogens is 225 g/mol. The van der Waals surface area contributed by atoms with Gasteiger partial charge in [-0.15, -0.1) is 12.4 Å². The highest BCUT2D eigenvalue weighted by atomic mass is 35.5. The first-order valence-corrected chi connectivity index (χ1v) is 3.96. The Morgan fingerprint density at radius 2 is 2.13 bits per heavy atom. The number of aliphatic carboxylic acids is 1. The molecule has 0 radical (unpaired) electrons. The number of hydrogen-bond acceptors (Lipinski definition) is 3. The quantitative estimate of drug-likeness (QED) is 0.727. The molecule has 0 heterocycles. The summed E-state index contributed by atoms with van der Waals surface area (Å²) in [7, 11) is 0. The van der Waals surface area contributed by atoms with Gasteiger partial charge in [0.25, 0.3) is 0 Å². The minimum atomic E-state index is -1.13. The highest BCUT2D eigenvalue weighted by molar-refractivity contribution is 5.85. The van der Waals surface area contributed by atoms with Crippen LogP contribution in [-0.2, 0) is 11.2 Å². The minimum Gasteiger partial charge on any atom is -0.505 e. The molecule has 0 amide bonds. The molecule has 4 N–H and O–H groups in total. The largest absolute Gasteiger partial charge is 0.505 e. The lowest BCUT2D eigenvalue weighted by molar-refractivity contribution is -0.138. The summed E-state index contributed by atoms with van der Waals surface area (Å²) in [5, 5.41) is 17.5. The Morgan fingerprint density at radius 3 is 2.60 bits per heavy atom. The van der Waals surface area contributed by atoms with Gasteiger partial charge in [-0.05, 0) is 24.1 Å². The molecular formula is C9H11ClFNO3. The van der Waals surface area contributed by atoms with Gasteiger partial charge in [0.15, 0.2) is 11.6 Å². The number of carboxylic acids is 1. The van der Waals surface area contributed by atoms with Gasteiger partial charge >= 0.3 is 5.97 Å². The lowest BCUT2D eigenvalue weighted by Gasteiger charge is -2.06. The molecule has 6 heteroatoms. The van der Waals surface area contributed by atoms with Crippen LogP contribution in [-0.4, -0.2) is 22.2 Å². The maximum absolute atomic E-state index is 12.6. The summed E-state index contributed by atoms with van der Waals surface area (Å²) in [5.41, 5.74) is 5.75. The number of rotatable bonds is 3. The average Bonchev–Trinajstić information content (AvgIpc) is 2.11. The lowest BCUT2D eigenvalue weighted by Crippen LogP contribution is -2.32. The van der Waals surface area contributed by atoms with Crippen LogP contribution in [0.5, 0.6) is 5.75 Å². The zero-order valence-electron chi connectivity index (χ0n) is 7.68. The zero-order chi connectivity index (χ0) is 10.7. The summed E-state index contributed by atoms with van der Waals surface area (Å²) in [6.45, 7) is 0. The van der Waals surface area contributed by atoms with Crippen LogP contribution in [0.1, 0.15) is 5.56 Å². The van der Waals surface area contributed by atoms with E-state index in [1.165, 1.54) is 6.07 Å². The molecule has 0 aliphatic carbocycles. The Bertz CT molecular complexity index is 359. The van der Waals surface area contributed by atoms with Gasteiger partial charge in [0.1, 0.15) is 6.04 Å². The number of nitrogens with two attached hydrogens (primary N) is 1. The van der Waals surface area contributed by atoms with Crippen LogP contribution < -0.4 is 5.73 Å². The van der Waals surface area contributed by atoms with Crippen LogP contribution in [0.2, 0.25) is 0 Å². The lowest BCUT2D eigenvalue weighted by atomic mass is 10.1. The third-order valence-corrected chi connectivity index (χ3v) is 1.78. The second kappa shape index (κ2) is 5.53. The number of carbonyl (C=O) groups is 1. The number of phenols is 1. The van der Waals surface area contributed by atoms with Crippen molar-refractivity contribution in [2.45, 2.75) is 12.5 Å². The van der Waals surface area contributed by atoms with E-state index in [0.717, 1.165) is 12.1 Å². The molecule has 0 spiro atoms. The third-order valence-electron chi connectivity index (χ3n) is 1.78. The second-order valence-electron chi connectivity index (χ2n) is 2.93. The molecule has 15 heavy (non-hydrogen) atoms. The molecule has 1 aromatic rings. The molecule has 4 nitrogen and oxygen atoms in total. The van der Waals surface area contributed by atoms with E-state index in [0.29, 0.717) is 5.56 Å². The highest BCUT2D eigenvalue weighted by Gasteiger charge is 2.12. The fraction of sp³-hybridized carbons (Fsp3) is 0.222. The summed E-state index contributed by atoms with van der Waals surface area (Å²) >= 11 is 0. The number of aromatic hydroxyl groups is 1. The highest BCUT2D eigenvalue weighted by Crippen LogP contribution is 2.17. The Morgan fingerprint density at radius 1 is 1.53 bits per heavy atom. The Balaban J connectivity index is 0.00000196. The van der Waals surface area contributed by atoms with E-state index in [9.17, 15) is 9.18 Å². The molecule has 1 aromatic carbocycles. The van der Waals surface area contributed by atoms with E-state index in [2.05, 4.69) is 0 Å². The van der Waals surface area contributed by atoms with Crippen LogP contribution >= 0.6 is 12.4 Å².